The number of anilines is 2. The molecule has 0 saturated carbocycles. The summed E-state index contributed by atoms with van der Waals surface area (Å²) >= 11 is 0. The van der Waals surface area contributed by atoms with Gasteiger partial charge in [-0.25, -0.2) is 4.98 Å². The van der Waals surface area contributed by atoms with E-state index in [4.69, 9.17) is 15.7 Å². The number of amides is 2. The van der Waals surface area contributed by atoms with E-state index in [9.17, 15) is 9.59 Å². The van der Waals surface area contributed by atoms with Crippen molar-refractivity contribution < 1.29 is 14.3 Å². The molecule has 1 atom stereocenters. The maximum Gasteiger partial charge on any atom is 0.262 e. The molecule has 4 rings (SSSR count). The second kappa shape index (κ2) is 9.32. The van der Waals surface area contributed by atoms with E-state index >= 15 is 0 Å². The van der Waals surface area contributed by atoms with Crippen LogP contribution in [0, 0.1) is 11.3 Å². The number of aromatic nitrogens is 2. The average Bonchev–Trinajstić information content (AvgIpc) is 3.19. The molecule has 32 heavy (non-hydrogen) atoms. The summed E-state index contributed by atoms with van der Waals surface area (Å²) in [7, 11) is 0. The third-order valence-corrected chi connectivity index (χ3v) is 5.08. The van der Waals surface area contributed by atoms with Gasteiger partial charge in [0.15, 0.2) is 6.61 Å². The van der Waals surface area contributed by atoms with Crippen LogP contribution in [0.15, 0.2) is 48.5 Å². The van der Waals surface area contributed by atoms with Crippen LogP contribution in [0.5, 0.6) is 5.75 Å². The fraction of sp³-hybridized carbons (Fsp3) is 0.217. The van der Waals surface area contributed by atoms with Crippen molar-refractivity contribution >= 4 is 23.5 Å². The molecule has 5 N–H and O–H groups in total. The van der Waals surface area contributed by atoms with Gasteiger partial charge in [-0.05, 0) is 55.3 Å². The lowest BCUT2D eigenvalue weighted by molar-refractivity contribution is -0.118. The molecule has 1 aromatic heterocycles. The Morgan fingerprint density at radius 3 is 2.81 bits per heavy atom. The quantitative estimate of drug-likeness (QED) is 0.472. The van der Waals surface area contributed by atoms with Crippen molar-refractivity contribution in [2.24, 2.45) is 5.73 Å². The molecule has 9 heteroatoms. The van der Waals surface area contributed by atoms with E-state index in [0.29, 0.717) is 34.9 Å². The number of hydrogen-bond donors (Lipinski definition) is 4. The highest BCUT2D eigenvalue weighted by Crippen LogP contribution is 2.21. The standard InChI is InChI=1S/C23H22N6O3/c24-12-14-4-7-17(8-5-14)26-21(30)13-32-18-3-1-2-15(10-18)22(31)29-23-27-19-9-6-16(25)11-20(19)28-23/h1-5,7-8,10,16H,6,9,11,13,25H2,(H,26,30)(H2,27,28,29,31). The van der Waals surface area contributed by atoms with Gasteiger partial charge in [-0.2, -0.15) is 5.26 Å². The van der Waals surface area contributed by atoms with Gasteiger partial charge < -0.3 is 20.8 Å². The van der Waals surface area contributed by atoms with Gasteiger partial charge in [0.2, 0.25) is 5.95 Å². The number of imidazole rings is 1. The van der Waals surface area contributed by atoms with Gasteiger partial charge in [-0.3, -0.25) is 14.9 Å². The zero-order valence-corrected chi connectivity index (χ0v) is 17.2. The number of benzene rings is 2. The molecule has 2 amide bonds. The first-order valence-electron chi connectivity index (χ1n) is 10.2. The van der Waals surface area contributed by atoms with Crippen molar-refractivity contribution in [2.45, 2.75) is 25.3 Å². The third kappa shape index (κ3) is 5.11. The fourth-order valence-corrected chi connectivity index (χ4v) is 3.45. The highest BCUT2D eigenvalue weighted by atomic mass is 16.5. The summed E-state index contributed by atoms with van der Waals surface area (Å²) in [4.78, 5) is 32.3. The average molecular weight is 430 g/mol. The van der Waals surface area contributed by atoms with Crippen molar-refractivity contribution in [2.75, 3.05) is 17.2 Å². The Labute approximate surface area is 184 Å². The fourth-order valence-electron chi connectivity index (χ4n) is 3.45. The highest BCUT2D eigenvalue weighted by molar-refractivity contribution is 6.03. The van der Waals surface area contributed by atoms with Crippen LogP contribution in [-0.4, -0.2) is 34.4 Å². The van der Waals surface area contributed by atoms with Crippen LogP contribution < -0.4 is 21.1 Å². The van der Waals surface area contributed by atoms with Crippen molar-refractivity contribution in [3.8, 4) is 11.8 Å². The lowest BCUT2D eigenvalue weighted by Gasteiger charge is -2.15. The maximum atomic E-state index is 12.6. The van der Waals surface area contributed by atoms with Crippen LogP contribution in [0.1, 0.15) is 33.7 Å². The Kier molecular flexibility index (Phi) is 6.14. The minimum Gasteiger partial charge on any atom is -0.484 e. The van der Waals surface area contributed by atoms with Crippen molar-refractivity contribution in [3.05, 3.63) is 71.0 Å². The first-order chi connectivity index (χ1) is 15.5. The normalized spacial score (nSPS) is 14.7. The number of nitriles is 1. The van der Waals surface area contributed by atoms with Crippen LogP contribution >= 0.6 is 0 Å². The predicted molar refractivity (Wildman–Crippen MR) is 118 cm³/mol. The van der Waals surface area contributed by atoms with E-state index in [1.165, 1.54) is 0 Å². The maximum absolute atomic E-state index is 12.6. The van der Waals surface area contributed by atoms with Crippen LogP contribution in [0.3, 0.4) is 0 Å². The molecule has 1 unspecified atom stereocenters. The number of aryl methyl sites for hydroxylation is 1. The Balaban J connectivity index is 1.33. The molecule has 3 aromatic rings. The molecule has 0 saturated heterocycles. The monoisotopic (exact) mass is 430 g/mol. The zero-order valence-electron chi connectivity index (χ0n) is 17.2. The lowest BCUT2D eigenvalue weighted by atomic mass is 9.97. The number of H-pyrrole nitrogens is 1. The van der Waals surface area contributed by atoms with Gasteiger partial charge in [0.05, 0.1) is 17.3 Å². The van der Waals surface area contributed by atoms with Crippen LogP contribution in [-0.2, 0) is 17.6 Å². The molecule has 1 aliphatic rings. The van der Waals surface area contributed by atoms with Crippen LogP contribution in [0.25, 0.3) is 0 Å². The number of aromatic amines is 1. The molecular formula is C23H22N6O3. The molecule has 0 aliphatic heterocycles. The second-order valence-corrected chi connectivity index (χ2v) is 7.52. The SMILES string of the molecule is N#Cc1ccc(NC(=O)COc2cccc(C(=O)Nc3nc4c([nH]3)CC(N)CC4)c2)cc1. The summed E-state index contributed by atoms with van der Waals surface area (Å²) in [6.45, 7) is -0.226. The molecule has 9 nitrogen and oxygen atoms in total. The van der Waals surface area contributed by atoms with Gasteiger partial charge >= 0.3 is 0 Å². The zero-order chi connectivity index (χ0) is 22.5. The minimum atomic E-state index is -0.357. The summed E-state index contributed by atoms with van der Waals surface area (Å²) in [5, 5.41) is 14.3. The van der Waals surface area contributed by atoms with Crippen LogP contribution in [0.4, 0.5) is 11.6 Å². The molecule has 162 valence electrons. The Hall–Kier alpha value is -4.16. The summed E-state index contributed by atoms with van der Waals surface area (Å²) in [6.07, 6.45) is 2.38. The topological polar surface area (TPSA) is 146 Å². The summed E-state index contributed by atoms with van der Waals surface area (Å²) in [6, 6.07) is 15.2. The molecule has 1 aliphatic carbocycles. The number of nitrogens with one attached hydrogen (secondary N) is 3. The molecule has 0 fully saturated rings. The number of carbonyl (C=O) groups is 2. The van der Waals surface area contributed by atoms with Gasteiger partial charge in [0, 0.05) is 29.4 Å². The smallest absolute Gasteiger partial charge is 0.262 e. The number of fused-ring (bicyclic) bond motifs is 1. The van der Waals surface area contributed by atoms with Gasteiger partial charge in [0.1, 0.15) is 5.75 Å². The van der Waals surface area contributed by atoms with E-state index in [2.05, 4.69) is 20.6 Å². The van der Waals surface area contributed by atoms with E-state index < -0.39 is 0 Å². The van der Waals surface area contributed by atoms with E-state index in [-0.39, 0.29) is 24.5 Å². The number of carbonyl (C=O) groups excluding carboxylic acids is 2. The Morgan fingerprint density at radius 2 is 2.03 bits per heavy atom. The largest absolute Gasteiger partial charge is 0.484 e. The van der Waals surface area contributed by atoms with E-state index in [1.54, 1.807) is 48.5 Å². The van der Waals surface area contributed by atoms with Gasteiger partial charge in [-0.15, -0.1) is 0 Å². The molecule has 0 radical (unpaired) electrons. The summed E-state index contributed by atoms with van der Waals surface area (Å²) < 4.78 is 5.52. The minimum absolute atomic E-state index is 0.106. The highest BCUT2D eigenvalue weighted by Gasteiger charge is 2.20. The van der Waals surface area contributed by atoms with Crippen molar-refractivity contribution in [1.82, 2.24) is 9.97 Å². The van der Waals surface area contributed by atoms with Gasteiger partial charge in [-0.1, -0.05) is 6.07 Å². The molecule has 0 spiro atoms. The van der Waals surface area contributed by atoms with E-state index in [1.807, 2.05) is 6.07 Å². The lowest BCUT2D eigenvalue weighted by Crippen LogP contribution is -2.27. The molecular weight excluding hydrogens is 408 g/mol. The molecule has 2 aromatic carbocycles. The summed E-state index contributed by atoms with van der Waals surface area (Å²) in [5.41, 5.74) is 9.33. The second-order valence-electron chi connectivity index (χ2n) is 7.52. The predicted octanol–water partition coefficient (Wildman–Crippen LogP) is 2.37. The van der Waals surface area contributed by atoms with Gasteiger partial charge in [0.25, 0.3) is 11.8 Å². The van der Waals surface area contributed by atoms with Crippen molar-refractivity contribution in [3.63, 3.8) is 0 Å². The third-order valence-electron chi connectivity index (χ3n) is 5.08. The number of nitrogens with two attached hydrogens (primary N) is 1. The number of hydrogen-bond acceptors (Lipinski definition) is 6. The Bertz CT molecular complexity index is 1180. The molecule has 1 heterocycles. The number of nitrogens with zero attached hydrogens (tertiary/aromatic N) is 2. The summed E-state index contributed by atoms with van der Waals surface area (Å²) in [5.74, 6) is 0.0800. The Morgan fingerprint density at radius 1 is 1.22 bits per heavy atom. The van der Waals surface area contributed by atoms with Crippen LogP contribution in [0.2, 0.25) is 0 Å². The molecule has 0 bridgehead atoms. The number of ether oxygens (including phenoxy) is 1. The van der Waals surface area contributed by atoms with Crippen molar-refractivity contribution in [1.29, 1.82) is 5.26 Å². The number of rotatable bonds is 6. The van der Waals surface area contributed by atoms with E-state index in [0.717, 1.165) is 24.2 Å². The first kappa shape index (κ1) is 21.1. The first-order valence-corrected chi connectivity index (χ1v) is 10.2.